The lowest BCUT2D eigenvalue weighted by atomic mass is 9.94. The van der Waals surface area contributed by atoms with Crippen molar-refractivity contribution in [3.8, 4) is 0 Å². The summed E-state index contributed by atoms with van der Waals surface area (Å²) in [5.41, 5.74) is 7.26. The summed E-state index contributed by atoms with van der Waals surface area (Å²) in [4.78, 5) is 26.1. The molecule has 3 atom stereocenters. The van der Waals surface area contributed by atoms with Gasteiger partial charge in [0.25, 0.3) is 0 Å². The molecule has 1 unspecified atom stereocenters. The number of nitrogens with one attached hydrogen (secondary N) is 3. The molecule has 9 nitrogen and oxygen atoms in total. The summed E-state index contributed by atoms with van der Waals surface area (Å²) in [6.45, 7) is 7.77. The monoisotopic (exact) mass is 625 g/mol. The van der Waals surface area contributed by atoms with Crippen LogP contribution in [-0.2, 0) is 32.5 Å². The van der Waals surface area contributed by atoms with Crippen LogP contribution < -0.4 is 21.7 Å². The van der Waals surface area contributed by atoms with Crippen LogP contribution >= 0.6 is 0 Å². The van der Waals surface area contributed by atoms with E-state index in [9.17, 15) is 23.3 Å². The fourth-order valence-electron chi connectivity index (χ4n) is 4.62. The maximum Gasteiger partial charge on any atom is 0.239 e. The number of nitrogens with zero attached hydrogens (tertiary/aromatic N) is 1. The van der Waals surface area contributed by atoms with E-state index in [-0.39, 0.29) is 31.4 Å². The van der Waals surface area contributed by atoms with Crippen molar-refractivity contribution in [1.29, 1.82) is 0 Å². The number of benzene rings is 3. The first kappa shape index (κ1) is 34.8. The molecule has 0 aliphatic carbocycles. The summed E-state index contributed by atoms with van der Waals surface area (Å²) in [6, 6.07) is 21.6. The second kappa shape index (κ2) is 16.4. The molecular formula is C33H44FN5O4S. The summed E-state index contributed by atoms with van der Waals surface area (Å²) in [7, 11) is -1.56. The van der Waals surface area contributed by atoms with Gasteiger partial charge in [-0.2, -0.15) is 0 Å². The highest BCUT2D eigenvalue weighted by molar-refractivity contribution is 7.82. The van der Waals surface area contributed by atoms with E-state index in [2.05, 4.69) is 16.0 Å². The first-order valence-electron chi connectivity index (χ1n) is 14.7. The van der Waals surface area contributed by atoms with E-state index in [1.807, 2.05) is 58.0 Å². The minimum absolute atomic E-state index is 0.0401. The number of carbonyl (C=O) groups excluding carboxylic acids is 2. The number of anilines is 1. The second-order valence-corrected chi connectivity index (χ2v) is 13.2. The highest BCUT2D eigenvalue weighted by Gasteiger charge is 2.28. The molecule has 0 aliphatic rings. The van der Waals surface area contributed by atoms with E-state index in [1.165, 1.54) is 12.1 Å². The quantitative estimate of drug-likeness (QED) is 0.155. The topological polar surface area (TPSA) is 137 Å². The second-order valence-electron chi connectivity index (χ2n) is 11.8. The average Bonchev–Trinajstić information content (AvgIpc) is 2.98. The fourth-order valence-corrected chi connectivity index (χ4v) is 6.01. The van der Waals surface area contributed by atoms with Gasteiger partial charge in [-0.05, 0) is 73.7 Å². The summed E-state index contributed by atoms with van der Waals surface area (Å²) in [6.07, 6.45) is -0.741. The van der Waals surface area contributed by atoms with Crippen LogP contribution in [0, 0.1) is 11.7 Å². The molecular weight excluding hydrogens is 581 g/mol. The number of aliphatic hydroxyl groups excluding tert-OH is 1. The van der Waals surface area contributed by atoms with Gasteiger partial charge in [-0.1, -0.05) is 56.3 Å². The molecule has 0 fully saturated rings. The number of aliphatic hydroxyl groups is 1. The number of carbonyl (C=O) groups is 2. The van der Waals surface area contributed by atoms with E-state index in [0.717, 1.165) is 5.56 Å². The van der Waals surface area contributed by atoms with Gasteiger partial charge in [-0.3, -0.25) is 14.9 Å². The van der Waals surface area contributed by atoms with Crippen LogP contribution in [0.3, 0.4) is 0 Å². The van der Waals surface area contributed by atoms with Crippen LogP contribution in [0.25, 0.3) is 0 Å². The van der Waals surface area contributed by atoms with Crippen molar-refractivity contribution in [1.82, 2.24) is 20.3 Å². The van der Waals surface area contributed by atoms with Gasteiger partial charge in [0, 0.05) is 24.3 Å². The van der Waals surface area contributed by atoms with E-state index in [0.29, 0.717) is 29.1 Å². The van der Waals surface area contributed by atoms with Crippen molar-refractivity contribution in [2.24, 2.45) is 5.92 Å². The van der Waals surface area contributed by atoms with Crippen LogP contribution in [-0.4, -0.2) is 63.8 Å². The molecule has 0 heterocycles. The SMILES string of the molecule is CC(C)CN(C[C@@H](O)[C@H](Cc1ccccc1)NC(=O)CNC(=O)CNC(C)(C)c1cccc(F)c1)S(=O)c1ccc(N)cc1. The Balaban J connectivity index is 1.64. The Hall–Kier alpha value is -3.64. The van der Waals surface area contributed by atoms with Gasteiger partial charge < -0.3 is 21.5 Å². The third-order valence-electron chi connectivity index (χ3n) is 7.07. The Morgan fingerprint density at radius 1 is 0.955 bits per heavy atom. The molecule has 11 heteroatoms. The van der Waals surface area contributed by atoms with Crippen molar-refractivity contribution in [3.05, 3.63) is 95.8 Å². The van der Waals surface area contributed by atoms with E-state index < -0.39 is 40.5 Å². The normalized spacial score (nSPS) is 13.8. The molecule has 0 radical (unpaired) electrons. The third-order valence-corrected chi connectivity index (χ3v) is 8.51. The van der Waals surface area contributed by atoms with Gasteiger partial charge in [0.05, 0.1) is 30.1 Å². The molecule has 3 aromatic carbocycles. The molecule has 238 valence electrons. The van der Waals surface area contributed by atoms with Gasteiger partial charge in [-0.25, -0.2) is 12.9 Å². The molecule has 0 saturated carbocycles. The fraction of sp³-hybridized carbons (Fsp3) is 0.394. The number of nitrogen functional groups attached to an aromatic ring is 1. The van der Waals surface area contributed by atoms with Gasteiger partial charge in [-0.15, -0.1) is 0 Å². The molecule has 2 amide bonds. The minimum atomic E-state index is -1.56. The molecule has 0 spiro atoms. The Morgan fingerprint density at radius 3 is 2.27 bits per heavy atom. The van der Waals surface area contributed by atoms with Crippen LogP contribution in [0.1, 0.15) is 38.8 Å². The predicted octanol–water partition coefficient (Wildman–Crippen LogP) is 3.12. The van der Waals surface area contributed by atoms with Crippen molar-refractivity contribution >= 4 is 28.5 Å². The van der Waals surface area contributed by atoms with Gasteiger partial charge in [0.1, 0.15) is 16.8 Å². The number of amides is 2. The van der Waals surface area contributed by atoms with Crippen molar-refractivity contribution in [2.45, 2.75) is 56.7 Å². The van der Waals surface area contributed by atoms with Crippen molar-refractivity contribution in [2.75, 3.05) is 31.9 Å². The molecule has 44 heavy (non-hydrogen) atoms. The molecule has 6 N–H and O–H groups in total. The zero-order chi connectivity index (χ0) is 32.3. The summed E-state index contributed by atoms with van der Waals surface area (Å²) >= 11 is 0. The molecule has 0 aromatic heterocycles. The van der Waals surface area contributed by atoms with Crippen LogP contribution in [0.2, 0.25) is 0 Å². The maximum atomic E-state index is 13.7. The number of hydrogen-bond acceptors (Lipinski definition) is 6. The molecule has 3 rings (SSSR count). The molecule has 3 aromatic rings. The summed E-state index contributed by atoms with van der Waals surface area (Å²) in [5.74, 6) is -1.09. The molecule has 0 saturated heterocycles. The van der Waals surface area contributed by atoms with E-state index in [4.69, 9.17) is 5.73 Å². The first-order valence-corrected chi connectivity index (χ1v) is 15.8. The van der Waals surface area contributed by atoms with E-state index >= 15 is 0 Å². The van der Waals surface area contributed by atoms with Gasteiger partial charge in [0.15, 0.2) is 0 Å². The lowest BCUT2D eigenvalue weighted by Gasteiger charge is -2.30. The predicted molar refractivity (Wildman–Crippen MR) is 172 cm³/mol. The molecule has 0 aliphatic heterocycles. The maximum absolute atomic E-state index is 13.7. The van der Waals surface area contributed by atoms with Crippen LogP contribution in [0.4, 0.5) is 10.1 Å². The largest absolute Gasteiger partial charge is 0.399 e. The average molecular weight is 626 g/mol. The number of hydrogen-bond donors (Lipinski definition) is 5. The van der Waals surface area contributed by atoms with Crippen molar-refractivity contribution in [3.63, 3.8) is 0 Å². The lowest BCUT2D eigenvalue weighted by Crippen LogP contribution is -2.52. The Labute approximate surface area is 262 Å². The first-order chi connectivity index (χ1) is 20.8. The van der Waals surface area contributed by atoms with Crippen LogP contribution in [0.5, 0.6) is 0 Å². The molecule has 0 bridgehead atoms. The summed E-state index contributed by atoms with van der Waals surface area (Å²) in [5, 5.41) is 19.9. The highest BCUT2D eigenvalue weighted by atomic mass is 32.2. The zero-order valence-electron chi connectivity index (χ0n) is 25.8. The summed E-state index contributed by atoms with van der Waals surface area (Å²) < 4.78 is 28.8. The standard InChI is InChI=1S/C33H44FN5O4S/c1-23(2)21-39(44(43)28-15-13-27(35)14-16-28)22-30(40)29(17-24-9-6-5-7-10-24)38-32(42)19-36-31(41)20-37-33(3,4)25-11-8-12-26(34)18-25/h5-16,18,23,29-30,37,40H,17,19-22,35H2,1-4H3,(H,36,41)(H,38,42)/t29-,30+,44?/m0/s1. The highest BCUT2D eigenvalue weighted by Crippen LogP contribution is 2.20. The zero-order valence-corrected chi connectivity index (χ0v) is 26.6. The van der Waals surface area contributed by atoms with Crippen LogP contribution in [0.15, 0.2) is 83.8 Å². The number of halogens is 1. The Bertz CT molecular complexity index is 1390. The van der Waals surface area contributed by atoms with E-state index in [1.54, 1.807) is 40.7 Å². The third kappa shape index (κ3) is 11.1. The van der Waals surface area contributed by atoms with Crippen molar-refractivity contribution < 1.29 is 23.3 Å². The number of rotatable bonds is 16. The lowest BCUT2D eigenvalue weighted by molar-refractivity contribution is -0.126. The minimum Gasteiger partial charge on any atom is -0.399 e. The Kier molecular flexibility index (Phi) is 13.0. The Morgan fingerprint density at radius 2 is 1.64 bits per heavy atom. The van der Waals surface area contributed by atoms with Gasteiger partial charge >= 0.3 is 0 Å². The number of nitrogens with two attached hydrogens (primary N) is 1. The smallest absolute Gasteiger partial charge is 0.239 e. The van der Waals surface area contributed by atoms with Gasteiger partial charge in [0.2, 0.25) is 11.8 Å².